The summed E-state index contributed by atoms with van der Waals surface area (Å²) in [6.07, 6.45) is 89.1. The first-order chi connectivity index (χ1) is 40.0. The number of ether oxygens (including phenoxy) is 3. The van der Waals surface area contributed by atoms with E-state index >= 15 is 0 Å². The second kappa shape index (κ2) is 69.9. The molecule has 0 radical (unpaired) electrons. The molecule has 0 rings (SSSR count). The van der Waals surface area contributed by atoms with Gasteiger partial charge in [-0.25, -0.2) is 0 Å². The third kappa shape index (κ3) is 68.0. The minimum atomic E-state index is -0.767. The maximum atomic E-state index is 12.9. The largest absolute Gasteiger partial charge is 0.462 e. The van der Waals surface area contributed by atoms with Gasteiger partial charge in [-0.05, 0) is 57.8 Å². The molecule has 81 heavy (non-hydrogen) atoms. The van der Waals surface area contributed by atoms with Crippen molar-refractivity contribution in [2.45, 2.75) is 399 Å². The first kappa shape index (κ1) is 78.4. The zero-order valence-electron chi connectivity index (χ0n) is 54.6. The van der Waals surface area contributed by atoms with Crippen LogP contribution < -0.4 is 0 Å². The van der Waals surface area contributed by atoms with E-state index < -0.39 is 6.10 Å². The fraction of sp³-hybridized carbons (Fsp3) is 0.853. The van der Waals surface area contributed by atoms with Crippen molar-refractivity contribution < 1.29 is 28.6 Å². The van der Waals surface area contributed by atoms with Crippen LogP contribution >= 0.6 is 0 Å². The molecule has 0 aliphatic heterocycles. The van der Waals surface area contributed by atoms with Crippen LogP contribution in [-0.4, -0.2) is 37.2 Å². The van der Waals surface area contributed by atoms with Crippen LogP contribution in [0, 0.1) is 0 Å². The van der Waals surface area contributed by atoms with Crippen LogP contribution in [0.2, 0.25) is 0 Å². The zero-order valence-corrected chi connectivity index (χ0v) is 54.6. The molecule has 0 amide bonds. The SMILES string of the molecule is CC/C=C\C/C=C\C/C=C\C/C=C\CCCCCCCCCCCCCCCCCCC(=O)OCC(COC(=O)CCCCCCCC)OC(=O)CCCCCCCCCCCCCCCCCCCCCCCCCCCCCC. The number of unbranched alkanes of at least 4 members (excludes halogenated alkanes) is 48. The van der Waals surface area contributed by atoms with Crippen molar-refractivity contribution >= 4 is 17.9 Å². The lowest BCUT2D eigenvalue weighted by molar-refractivity contribution is -0.167. The summed E-state index contributed by atoms with van der Waals surface area (Å²) in [5, 5.41) is 0. The number of hydrogen-bond acceptors (Lipinski definition) is 6. The van der Waals surface area contributed by atoms with E-state index in [4.69, 9.17) is 14.2 Å². The fourth-order valence-electron chi connectivity index (χ4n) is 11.0. The molecule has 0 bridgehead atoms. The van der Waals surface area contributed by atoms with Crippen molar-refractivity contribution in [2.24, 2.45) is 0 Å². The van der Waals surface area contributed by atoms with Crippen LogP contribution in [-0.2, 0) is 28.6 Å². The molecule has 1 atom stereocenters. The number of carbonyl (C=O) groups excluding carboxylic acids is 3. The van der Waals surface area contributed by atoms with Gasteiger partial charge in [0.05, 0.1) is 0 Å². The number of hydrogen-bond donors (Lipinski definition) is 0. The minimum absolute atomic E-state index is 0.0673. The van der Waals surface area contributed by atoms with Crippen LogP contribution in [0.25, 0.3) is 0 Å². The molecule has 0 saturated carbocycles. The number of allylic oxidation sites excluding steroid dienone is 8. The van der Waals surface area contributed by atoms with Gasteiger partial charge in [0.25, 0.3) is 0 Å². The van der Waals surface area contributed by atoms with Crippen molar-refractivity contribution in [1.82, 2.24) is 0 Å². The molecule has 0 aromatic rings. The van der Waals surface area contributed by atoms with E-state index in [1.54, 1.807) is 0 Å². The van der Waals surface area contributed by atoms with E-state index in [1.165, 1.54) is 270 Å². The zero-order chi connectivity index (χ0) is 58.5. The lowest BCUT2D eigenvalue weighted by Gasteiger charge is -2.18. The van der Waals surface area contributed by atoms with Gasteiger partial charge in [0.2, 0.25) is 0 Å². The van der Waals surface area contributed by atoms with Gasteiger partial charge >= 0.3 is 17.9 Å². The third-order valence-corrected chi connectivity index (χ3v) is 16.3. The van der Waals surface area contributed by atoms with Crippen molar-refractivity contribution in [2.75, 3.05) is 13.2 Å². The molecule has 6 nitrogen and oxygen atoms in total. The molecule has 0 aliphatic rings. The molecule has 474 valence electrons. The minimum Gasteiger partial charge on any atom is -0.462 e. The monoisotopic (exact) mass is 1140 g/mol. The molecule has 0 heterocycles. The highest BCUT2D eigenvalue weighted by Crippen LogP contribution is 2.19. The summed E-state index contributed by atoms with van der Waals surface area (Å²) >= 11 is 0. The summed E-state index contributed by atoms with van der Waals surface area (Å²) in [5.74, 6) is -0.850. The van der Waals surface area contributed by atoms with Crippen LogP contribution in [0.4, 0.5) is 0 Å². The summed E-state index contributed by atoms with van der Waals surface area (Å²) < 4.78 is 16.9. The smallest absolute Gasteiger partial charge is 0.306 e. The van der Waals surface area contributed by atoms with E-state index in [2.05, 4.69) is 69.4 Å². The van der Waals surface area contributed by atoms with Gasteiger partial charge in [-0.15, -0.1) is 0 Å². The second-order valence-corrected chi connectivity index (χ2v) is 24.5. The molecule has 0 spiro atoms. The van der Waals surface area contributed by atoms with Gasteiger partial charge in [-0.3, -0.25) is 14.4 Å². The van der Waals surface area contributed by atoms with E-state index in [1.807, 2.05) is 0 Å². The second-order valence-electron chi connectivity index (χ2n) is 24.5. The summed E-state index contributed by atoms with van der Waals surface area (Å²) in [6, 6.07) is 0. The van der Waals surface area contributed by atoms with Crippen molar-refractivity contribution in [3.63, 3.8) is 0 Å². The lowest BCUT2D eigenvalue weighted by Crippen LogP contribution is -2.30. The van der Waals surface area contributed by atoms with Crippen LogP contribution in [0.15, 0.2) is 48.6 Å². The highest BCUT2D eigenvalue weighted by molar-refractivity contribution is 5.71. The van der Waals surface area contributed by atoms with Gasteiger partial charge in [-0.1, -0.05) is 365 Å². The Bertz CT molecular complexity index is 1400. The highest BCUT2D eigenvalue weighted by atomic mass is 16.6. The topological polar surface area (TPSA) is 78.9 Å². The molecule has 6 heteroatoms. The standard InChI is InChI=1S/C75H138O6/c1-4-7-10-13-16-18-20-22-24-26-28-30-32-34-36-38-40-41-43-45-47-49-51-53-55-57-59-62-65-68-74(77)80-71-72(70-79-73(76)67-64-61-15-12-9-6-3)81-75(78)69-66-63-60-58-56-54-52-50-48-46-44-42-39-37-35-33-31-29-27-25-23-21-19-17-14-11-8-5-2/h7,10,16,18,22,24,28,30,72H,4-6,8-9,11-15,17,19-21,23,25-27,29,31-71H2,1-3H3/b10-7-,18-16-,24-22-,30-28-. The predicted octanol–water partition coefficient (Wildman–Crippen LogP) is 24.9. The van der Waals surface area contributed by atoms with Gasteiger partial charge in [0.1, 0.15) is 13.2 Å². The summed E-state index contributed by atoms with van der Waals surface area (Å²) in [4.78, 5) is 38.1. The van der Waals surface area contributed by atoms with Gasteiger partial charge in [-0.2, -0.15) is 0 Å². The fourth-order valence-corrected chi connectivity index (χ4v) is 11.0. The summed E-state index contributed by atoms with van der Waals surface area (Å²) in [7, 11) is 0. The Labute approximate surface area is 505 Å². The Hall–Kier alpha value is -2.63. The van der Waals surface area contributed by atoms with Crippen LogP contribution in [0.3, 0.4) is 0 Å². The van der Waals surface area contributed by atoms with Crippen molar-refractivity contribution in [3.05, 3.63) is 48.6 Å². The Balaban J connectivity index is 3.96. The molecule has 0 aromatic carbocycles. The van der Waals surface area contributed by atoms with E-state index in [0.717, 1.165) is 83.5 Å². The van der Waals surface area contributed by atoms with E-state index in [0.29, 0.717) is 19.3 Å². The first-order valence-corrected chi connectivity index (χ1v) is 36.1. The quantitative estimate of drug-likeness (QED) is 0.0261. The first-order valence-electron chi connectivity index (χ1n) is 36.1. The summed E-state index contributed by atoms with van der Waals surface area (Å²) in [6.45, 7) is 6.54. The molecule has 0 saturated heterocycles. The van der Waals surface area contributed by atoms with Gasteiger partial charge in [0, 0.05) is 19.3 Å². The highest BCUT2D eigenvalue weighted by Gasteiger charge is 2.19. The molecule has 0 fully saturated rings. The Morgan fingerprint density at radius 1 is 0.259 bits per heavy atom. The Morgan fingerprint density at radius 3 is 0.753 bits per heavy atom. The predicted molar refractivity (Wildman–Crippen MR) is 353 cm³/mol. The van der Waals surface area contributed by atoms with Gasteiger partial charge in [0.15, 0.2) is 6.10 Å². The van der Waals surface area contributed by atoms with Crippen molar-refractivity contribution in [3.8, 4) is 0 Å². The molecule has 0 aliphatic carbocycles. The molecule has 0 aromatic heterocycles. The molecule has 1 unspecified atom stereocenters. The third-order valence-electron chi connectivity index (χ3n) is 16.3. The van der Waals surface area contributed by atoms with E-state index in [9.17, 15) is 14.4 Å². The summed E-state index contributed by atoms with van der Waals surface area (Å²) in [5.41, 5.74) is 0. The molecular weight excluding hydrogens is 997 g/mol. The molecular formula is C75H138O6. The van der Waals surface area contributed by atoms with E-state index in [-0.39, 0.29) is 31.1 Å². The average molecular weight is 1140 g/mol. The molecule has 0 N–H and O–H groups in total. The number of esters is 3. The maximum absolute atomic E-state index is 12.9. The maximum Gasteiger partial charge on any atom is 0.306 e. The average Bonchev–Trinajstić information content (AvgIpc) is 3.47. The van der Waals surface area contributed by atoms with Crippen LogP contribution in [0.1, 0.15) is 393 Å². The van der Waals surface area contributed by atoms with Crippen molar-refractivity contribution in [1.29, 1.82) is 0 Å². The number of carbonyl (C=O) groups is 3. The normalized spacial score (nSPS) is 12.3. The Kier molecular flexibility index (Phi) is 67.6. The number of rotatable bonds is 67. The Morgan fingerprint density at radius 2 is 0.481 bits per heavy atom. The van der Waals surface area contributed by atoms with Gasteiger partial charge < -0.3 is 14.2 Å². The lowest BCUT2D eigenvalue weighted by atomic mass is 10.0. The van der Waals surface area contributed by atoms with Crippen LogP contribution in [0.5, 0.6) is 0 Å².